The van der Waals surface area contributed by atoms with Crippen LogP contribution >= 0.6 is 0 Å². The van der Waals surface area contributed by atoms with E-state index in [-0.39, 0.29) is 47.6 Å². The minimum Gasteiger partial charge on any atom is -0.508 e. The fourth-order valence-electron chi connectivity index (χ4n) is 4.17. The molecule has 1 amide bonds. The van der Waals surface area contributed by atoms with Crippen LogP contribution in [0.25, 0.3) is 0 Å². The summed E-state index contributed by atoms with van der Waals surface area (Å²) in [6, 6.07) is 19.9. The summed E-state index contributed by atoms with van der Waals surface area (Å²) in [7, 11) is -3.35. The zero-order chi connectivity index (χ0) is 27.4. The fraction of sp³-hybridized carbons (Fsp3) is 0.345. The van der Waals surface area contributed by atoms with Crippen molar-refractivity contribution in [3.8, 4) is 17.2 Å². The Labute approximate surface area is 224 Å². The van der Waals surface area contributed by atoms with Crippen LogP contribution in [0.2, 0.25) is 0 Å². The molecule has 0 bridgehead atoms. The average Bonchev–Trinajstić information content (AvgIpc) is 2.89. The molecule has 0 atom stereocenters. The van der Waals surface area contributed by atoms with Crippen LogP contribution in [0.4, 0.5) is 0 Å². The molecule has 0 aliphatic rings. The van der Waals surface area contributed by atoms with Gasteiger partial charge in [0.1, 0.15) is 5.75 Å². The molecule has 204 valence electrons. The van der Waals surface area contributed by atoms with Crippen molar-refractivity contribution in [3.63, 3.8) is 0 Å². The van der Waals surface area contributed by atoms with Gasteiger partial charge in [0.05, 0.1) is 11.5 Å². The third-order valence-corrected chi connectivity index (χ3v) is 7.96. The monoisotopic (exact) mass is 540 g/mol. The normalized spacial score (nSPS) is 11.4. The number of benzene rings is 3. The third-order valence-electron chi connectivity index (χ3n) is 6.31. The minimum atomic E-state index is -3.35. The molecule has 0 aliphatic heterocycles. The van der Waals surface area contributed by atoms with E-state index in [2.05, 4.69) is 10.6 Å². The summed E-state index contributed by atoms with van der Waals surface area (Å²) in [5, 5.41) is 35.9. The summed E-state index contributed by atoms with van der Waals surface area (Å²) in [5.41, 5.74) is 3.42. The number of aryl methyl sites for hydroxylation is 1. The summed E-state index contributed by atoms with van der Waals surface area (Å²) in [5.74, 6) is -0.846. The number of hydrogen-bond donors (Lipinski definition) is 5. The van der Waals surface area contributed by atoms with Crippen molar-refractivity contribution in [2.75, 3.05) is 31.1 Å². The van der Waals surface area contributed by atoms with E-state index < -0.39 is 9.84 Å². The van der Waals surface area contributed by atoms with Gasteiger partial charge in [-0.15, -0.1) is 0 Å². The number of aromatic hydroxyl groups is 3. The molecule has 0 aliphatic carbocycles. The zero-order valence-electron chi connectivity index (χ0n) is 21.4. The Morgan fingerprint density at radius 1 is 0.737 bits per heavy atom. The van der Waals surface area contributed by atoms with E-state index in [0.29, 0.717) is 37.9 Å². The zero-order valence-corrected chi connectivity index (χ0v) is 22.2. The van der Waals surface area contributed by atoms with Crippen LogP contribution in [-0.4, -0.2) is 60.8 Å². The lowest BCUT2D eigenvalue weighted by atomic mass is 9.96. The standard InChI is InChI=1S/C29H36N2O6S/c32-25-8-4-7-23(21-25)9-11-26-24(10-12-27(33)29(26)35)14-17-31-28(34)15-19-38(36,37)20-18-30-16-13-22-5-2-1-3-6-22/h1-8,10,12,21,30,32-33,35H,9,11,13-20H2,(H,31,34). The maximum absolute atomic E-state index is 12.3. The van der Waals surface area contributed by atoms with Crippen LogP contribution in [-0.2, 0) is 40.3 Å². The Morgan fingerprint density at radius 3 is 2.26 bits per heavy atom. The lowest BCUT2D eigenvalue weighted by Gasteiger charge is -2.14. The number of nitrogens with one attached hydrogen (secondary N) is 2. The maximum atomic E-state index is 12.3. The number of hydrogen-bond acceptors (Lipinski definition) is 7. The number of amides is 1. The first-order valence-corrected chi connectivity index (χ1v) is 14.6. The predicted molar refractivity (Wildman–Crippen MR) is 148 cm³/mol. The van der Waals surface area contributed by atoms with Gasteiger partial charge in [-0.2, -0.15) is 0 Å². The van der Waals surface area contributed by atoms with Gasteiger partial charge in [-0.25, -0.2) is 8.42 Å². The molecule has 0 radical (unpaired) electrons. The maximum Gasteiger partial charge on any atom is 0.221 e. The largest absolute Gasteiger partial charge is 0.508 e. The van der Waals surface area contributed by atoms with E-state index in [0.717, 1.165) is 17.5 Å². The van der Waals surface area contributed by atoms with Crippen molar-refractivity contribution in [2.24, 2.45) is 0 Å². The topological polar surface area (TPSA) is 136 Å². The second kappa shape index (κ2) is 14.4. The molecule has 8 nitrogen and oxygen atoms in total. The van der Waals surface area contributed by atoms with Crippen molar-refractivity contribution < 1.29 is 28.5 Å². The van der Waals surface area contributed by atoms with Crippen LogP contribution in [0.5, 0.6) is 17.2 Å². The van der Waals surface area contributed by atoms with Gasteiger partial charge >= 0.3 is 0 Å². The molecule has 3 aromatic carbocycles. The van der Waals surface area contributed by atoms with Crippen LogP contribution in [0.15, 0.2) is 66.7 Å². The number of rotatable bonds is 15. The van der Waals surface area contributed by atoms with Crippen LogP contribution in [0.3, 0.4) is 0 Å². The summed E-state index contributed by atoms with van der Waals surface area (Å²) >= 11 is 0. The van der Waals surface area contributed by atoms with E-state index in [4.69, 9.17) is 0 Å². The second-order valence-corrected chi connectivity index (χ2v) is 11.5. The summed E-state index contributed by atoms with van der Waals surface area (Å²) in [4.78, 5) is 12.3. The molecular formula is C29H36N2O6S. The SMILES string of the molecule is O=C(CCS(=O)(=O)CCNCCc1ccccc1)NCCc1ccc(O)c(O)c1CCc1cccc(O)c1. The highest BCUT2D eigenvalue weighted by molar-refractivity contribution is 7.91. The lowest BCUT2D eigenvalue weighted by molar-refractivity contribution is -0.120. The van der Waals surface area contributed by atoms with Crippen molar-refractivity contribution in [3.05, 3.63) is 89.0 Å². The Bertz CT molecular complexity index is 1300. The van der Waals surface area contributed by atoms with Crippen molar-refractivity contribution in [2.45, 2.75) is 32.1 Å². The molecule has 5 N–H and O–H groups in total. The van der Waals surface area contributed by atoms with E-state index in [9.17, 15) is 28.5 Å². The molecule has 0 spiro atoms. The first kappa shape index (κ1) is 29.0. The Balaban J connectivity index is 1.39. The Morgan fingerprint density at radius 2 is 1.50 bits per heavy atom. The molecule has 0 unspecified atom stereocenters. The molecule has 9 heteroatoms. The van der Waals surface area contributed by atoms with Gasteiger partial charge in [0.25, 0.3) is 0 Å². The smallest absolute Gasteiger partial charge is 0.221 e. The van der Waals surface area contributed by atoms with Gasteiger partial charge in [-0.1, -0.05) is 48.5 Å². The predicted octanol–water partition coefficient (Wildman–Crippen LogP) is 2.88. The molecule has 3 rings (SSSR count). The van der Waals surface area contributed by atoms with Gasteiger partial charge in [0, 0.05) is 25.1 Å². The molecule has 0 saturated heterocycles. The molecular weight excluding hydrogens is 504 g/mol. The summed E-state index contributed by atoms with van der Waals surface area (Å²) in [6.45, 7) is 1.29. The van der Waals surface area contributed by atoms with Gasteiger partial charge in [-0.05, 0) is 67.1 Å². The van der Waals surface area contributed by atoms with E-state index in [1.807, 2.05) is 36.4 Å². The molecule has 38 heavy (non-hydrogen) atoms. The van der Waals surface area contributed by atoms with E-state index in [1.54, 1.807) is 24.3 Å². The van der Waals surface area contributed by atoms with Crippen LogP contribution in [0.1, 0.15) is 28.7 Å². The molecule has 0 heterocycles. The highest BCUT2D eigenvalue weighted by Crippen LogP contribution is 2.32. The Hall–Kier alpha value is -3.56. The Kier molecular flexibility index (Phi) is 11.0. The number of phenolic OH excluding ortho intramolecular Hbond substituents is 3. The average molecular weight is 541 g/mol. The van der Waals surface area contributed by atoms with Crippen molar-refractivity contribution in [1.29, 1.82) is 0 Å². The van der Waals surface area contributed by atoms with Gasteiger partial charge in [0.15, 0.2) is 21.3 Å². The van der Waals surface area contributed by atoms with Gasteiger partial charge in [-0.3, -0.25) is 4.79 Å². The van der Waals surface area contributed by atoms with Crippen molar-refractivity contribution >= 4 is 15.7 Å². The third kappa shape index (κ3) is 9.72. The summed E-state index contributed by atoms with van der Waals surface area (Å²) in [6.07, 6.45) is 2.10. The van der Waals surface area contributed by atoms with Gasteiger partial charge < -0.3 is 26.0 Å². The summed E-state index contributed by atoms with van der Waals surface area (Å²) < 4.78 is 24.6. The molecule has 0 aromatic heterocycles. The number of sulfone groups is 1. The van der Waals surface area contributed by atoms with E-state index >= 15 is 0 Å². The molecule has 0 saturated carbocycles. The van der Waals surface area contributed by atoms with Crippen molar-refractivity contribution in [1.82, 2.24) is 10.6 Å². The van der Waals surface area contributed by atoms with Crippen LogP contribution in [0, 0.1) is 0 Å². The first-order valence-electron chi connectivity index (χ1n) is 12.8. The number of carbonyl (C=O) groups excluding carboxylic acids is 1. The quantitative estimate of drug-likeness (QED) is 0.148. The van der Waals surface area contributed by atoms with Gasteiger partial charge in [0.2, 0.25) is 5.91 Å². The molecule has 0 fully saturated rings. The lowest BCUT2D eigenvalue weighted by Crippen LogP contribution is -2.30. The second-order valence-electron chi connectivity index (χ2n) is 9.23. The highest BCUT2D eigenvalue weighted by Gasteiger charge is 2.15. The number of phenols is 3. The molecule has 3 aromatic rings. The fourth-order valence-corrected chi connectivity index (χ4v) is 5.32. The first-order chi connectivity index (χ1) is 18.2. The number of carbonyl (C=O) groups is 1. The highest BCUT2D eigenvalue weighted by atomic mass is 32.2. The minimum absolute atomic E-state index is 0.0234. The van der Waals surface area contributed by atoms with Crippen LogP contribution < -0.4 is 10.6 Å². The van der Waals surface area contributed by atoms with E-state index in [1.165, 1.54) is 11.6 Å².